The SMILES string of the molecule is CC[C@H](C)[C@H](NC(=O)C(N)Cc1ccccc1)C(=O)O. The molecule has 1 amide bonds. The Morgan fingerprint density at radius 1 is 1.30 bits per heavy atom. The van der Waals surface area contributed by atoms with Gasteiger partial charge in [-0.25, -0.2) is 4.79 Å². The highest BCUT2D eigenvalue weighted by atomic mass is 16.4. The van der Waals surface area contributed by atoms with E-state index in [1.807, 2.05) is 37.3 Å². The molecule has 0 fully saturated rings. The number of carbonyl (C=O) groups is 2. The number of hydrogen-bond acceptors (Lipinski definition) is 3. The van der Waals surface area contributed by atoms with Gasteiger partial charge in [-0.1, -0.05) is 50.6 Å². The summed E-state index contributed by atoms with van der Waals surface area (Å²) in [7, 11) is 0. The van der Waals surface area contributed by atoms with E-state index in [4.69, 9.17) is 10.8 Å². The molecule has 5 heteroatoms. The molecule has 0 radical (unpaired) electrons. The van der Waals surface area contributed by atoms with Gasteiger partial charge in [-0.2, -0.15) is 0 Å². The van der Waals surface area contributed by atoms with Gasteiger partial charge < -0.3 is 16.2 Å². The zero-order valence-corrected chi connectivity index (χ0v) is 11.9. The summed E-state index contributed by atoms with van der Waals surface area (Å²) in [6.45, 7) is 3.68. The van der Waals surface area contributed by atoms with E-state index < -0.39 is 24.0 Å². The number of benzene rings is 1. The molecule has 3 atom stereocenters. The van der Waals surface area contributed by atoms with Gasteiger partial charge >= 0.3 is 5.97 Å². The second kappa shape index (κ2) is 7.65. The summed E-state index contributed by atoms with van der Waals surface area (Å²) in [5.74, 6) is -1.60. The van der Waals surface area contributed by atoms with Gasteiger partial charge in [0.05, 0.1) is 6.04 Å². The molecule has 110 valence electrons. The van der Waals surface area contributed by atoms with Crippen LogP contribution in [0.25, 0.3) is 0 Å². The Bertz CT molecular complexity index is 448. The van der Waals surface area contributed by atoms with Crippen molar-refractivity contribution in [1.82, 2.24) is 5.32 Å². The van der Waals surface area contributed by atoms with Crippen LogP contribution in [0.5, 0.6) is 0 Å². The van der Waals surface area contributed by atoms with Gasteiger partial charge in [0.25, 0.3) is 0 Å². The number of nitrogens with two attached hydrogens (primary N) is 1. The molecule has 0 spiro atoms. The average Bonchev–Trinajstić information content (AvgIpc) is 2.44. The minimum Gasteiger partial charge on any atom is -0.480 e. The van der Waals surface area contributed by atoms with Crippen molar-refractivity contribution < 1.29 is 14.7 Å². The normalized spacial score (nSPS) is 15.2. The maximum atomic E-state index is 12.0. The summed E-state index contributed by atoms with van der Waals surface area (Å²) in [6.07, 6.45) is 1.06. The number of carbonyl (C=O) groups excluding carboxylic acids is 1. The van der Waals surface area contributed by atoms with Crippen LogP contribution >= 0.6 is 0 Å². The Balaban J connectivity index is 2.62. The second-order valence-electron chi connectivity index (χ2n) is 5.01. The van der Waals surface area contributed by atoms with E-state index in [1.165, 1.54) is 0 Å². The molecule has 1 aromatic rings. The smallest absolute Gasteiger partial charge is 0.326 e. The van der Waals surface area contributed by atoms with Crippen LogP contribution < -0.4 is 11.1 Å². The zero-order valence-electron chi connectivity index (χ0n) is 11.9. The van der Waals surface area contributed by atoms with Crippen LogP contribution in [0.2, 0.25) is 0 Å². The minimum atomic E-state index is -1.03. The first-order valence-electron chi connectivity index (χ1n) is 6.78. The molecule has 0 saturated heterocycles. The molecular formula is C15H22N2O3. The van der Waals surface area contributed by atoms with Crippen molar-refractivity contribution >= 4 is 11.9 Å². The van der Waals surface area contributed by atoms with Crippen molar-refractivity contribution in [2.24, 2.45) is 11.7 Å². The molecule has 0 aromatic heterocycles. The first-order chi connectivity index (χ1) is 9.45. The zero-order chi connectivity index (χ0) is 15.1. The highest BCUT2D eigenvalue weighted by Crippen LogP contribution is 2.09. The Morgan fingerprint density at radius 2 is 1.90 bits per heavy atom. The molecule has 0 bridgehead atoms. The van der Waals surface area contributed by atoms with Crippen molar-refractivity contribution in [3.05, 3.63) is 35.9 Å². The highest BCUT2D eigenvalue weighted by Gasteiger charge is 2.27. The van der Waals surface area contributed by atoms with Gasteiger partial charge in [-0.05, 0) is 17.9 Å². The van der Waals surface area contributed by atoms with E-state index in [2.05, 4.69) is 5.32 Å². The number of nitrogens with one attached hydrogen (secondary N) is 1. The predicted octanol–water partition coefficient (Wildman–Crippen LogP) is 1.17. The lowest BCUT2D eigenvalue weighted by atomic mass is 9.98. The van der Waals surface area contributed by atoms with Crippen molar-refractivity contribution in [2.75, 3.05) is 0 Å². The molecule has 1 unspecified atom stereocenters. The molecular weight excluding hydrogens is 256 g/mol. The van der Waals surface area contributed by atoms with E-state index in [9.17, 15) is 9.59 Å². The van der Waals surface area contributed by atoms with Crippen LogP contribution in [0.1, 0.15) is 25.8 Å². The fourth-order valence-corrected chi connectivity index (χ4v) is 1.90. The molecule has 0 saturated carbocycles. The largest absolute Gasteiger partial charge is 0.480 e. The van der Waals surface area contributed by atoms with Gasteiger partial charge in [-0.15, -0.1) is 0 Å². The summed E-state index contributed by atoms with van der Waals surface area (Å²) in [4.78, 5) is 23.1. The van der Waals surface area contributed by atoms with Crippen molar-refractivity contribution in [1.29, 1.82) is 0 Å². The quantitative estimate of drug-likeness (QED) is 0.698. The standard InChI is InChI=1S/C15H22N2O3/c1-3-10(2)13(15(19)20)17-14(18)12(16)9-11-7-5-4-6-8-11/h4-8,10,12-13H,3,9,16H2,1-2H3,(H,17,18)(H,19,20)/t10-,12?,13-/m0/s1. The van der Waals surface area contributed by atoms with Crippen molar-refractivity contribution in [3.8, 4) is 0 Å². The number of rotatable bonds is 7. The van der Waals surface area contributed by atoms with E-state index >= 15 is 0 Å². The van der Waals surface area contributed by atoms with E-state index in [1.54, 1.807) is 6.92 Å². The van der Waals surface area contributed by atoms with Crippen LogP contribution in [0, 0.1) is 5.92 Å². The van der Waals surface area contributed by atoms with E-state index in [0.29, 0.717) is 12.8 Å². The monoisotopic (exact) mass is 278 g/mol. The van der Waals surface area contributed by atoms with Gasteiger partial charge in [0.2, 0.25) is 5.91 Å². The summed E-state index contributed by atoms with van der Waals surface area (Å²) in [5, 5.41) is 11.7. The van der Waals surface area contributed by atoms with Gasteiger partial charge in [0.15, 0.2) is 0 Å². The third kappa shape index (κ3) is 4.66. The number of carboxylic acid groups (broad SMARTS) is 1. The number of amides is 1. The Labute approximate surface area is 119 Å². The summed E-state index contributed by atoms with van der Waals surface area (Å²) < 4.78 is 0. The maximum absolute atomic E-state index is 12.0. The van der Waals surface area contributed by atoms with Gasteiger partial charge in [0.1, 0.15) is 6.04 Å². The van der Waals surface area contributed by atoms with Gasteiger partial charge in [0, 0.05) is 0 Å². The second-order valence-corrected chi connectivity index (χ2v) is 5.01. The molecule has 1 aromatic carbocycles. The molecule has 5 nitrogen and oxygen atoms in total. The molecule has 1 rings (SSSR count). The van der Waals surface area contributed by atoms with Crippen molar-refractivity contribution in [2.45, 2.75) is 38.8 Å². The lowest BCUT2D eigenvalue weighted by Gasteiger charge is -2.22. The maximum Gasteiger partial charge on any atom is 0.326 e. The fourth-order valence-electron chi connectivity index (χ4n) is 1.90. The third-order valence-corrected chi connectivity index (χ3v) is 3.41. The Kier molecular flexibility index (Phi) is 6.18. The lowest BCUT2D eigenvalue weighted by molar-refractivity contribution is -0.143. The fraction of sp³-hybridized carbons (Fsp3) is 0.467. The molecule has 0 aliphatic carbocycles. The highest BCUT2D eigenvalue weighted by molar-refractivity contribution is 5.87. The van der Waals surface area contributed by atoms with Crippen LogP contribution in [0.3, 0.4) is 0 Å². The minimum absolute atomic E-state index is 0.139. The summed E-state index contributed by atoms with van der Waals surface area (Å²) in [6, 6.07) is 7.77. The first-order valence-corrected chi connectivity index (χ1v) is 6.78. The predicted molar refractivity (Wildman–Crippen MR) is 77.1 cm³/mol. The number of hydrogen-bond donors (Lipinski definition) is 3. The van der Waals surface area contributed by atoms with Crippen LogP contribution in [-0.4, -0.2) is 29.1 Å². The molecule has 4 N–H and O–H groups in total. The van der Waals surface area contributed by atoms with E-state index in [0.717, 1.165) is 5.56 Å². The first kappa shape index (κ1) is 16.2. The van der Waals surface area contributed by atoms with E-state index in [-0.39, 0.29) is 5.92 Å². The topological polar surface area (TPSA) is 92.4 Å². The third-order valence-electron chi connectivity index (χ3n) is 3.41. The van der Waals surface area contributed by atoms with Crippen molar-refractivity contribution in [3.63, 3.8) is 0 Å². The lowest BCUT2D eigenvalue weighted by Crippen LogP contribution is -2.51. The van der Waals surface area contributed by atoms with Gasteiger partial charge in [-0.3, -0.25) is 4.79 Å². The summed E-state index contributed by atoms with van der Waals surface area (Å²) in [5.41, 5.74) is 6.78. The van der Waals surface area contributed by atoms with Crippen LogP contribution in [0.4, 0.5) is 0 Å². The Hall–Kier alpha value is -1.88. The molecule has 0 heterocycles. The molecule has 20 heavy (non-hydrogen) atoms. The molecule has 0 aliphatic heterocycles. The van der Waals surface area contributed by atoms with Crippen LogP contribution in [-0.2, 0) is 16.0 Å². The number of aliphatic carboxylic acids is 1. The Morgan fingerprint density at radius 3 is 2.40 bits per heavy atom. The number of carboxylic acids is 1. The average molecular weight is 278 g/mol. The summed E-state index contributed by atoms with van der Waals surface area (Å²) >= 11 is 0. The molecule has 0 aliphatic rings. The van der Waals surface area contributed by atoms with Crippen LogP contribution in [0.15, 0.2) is 30.3 Å².